The molecule has 0 unspecified atom stereocenters. The maximum absolute atomic E-state index is 11.4. The van der Waals surface area contributed by atoms with Crippen molar-refractivity contribution in [1.82, 2.24) is 4.90 Å². The van der Waals surface area contributed by atoms with Crippen LogP contribution >= 0.6 is 15.9 Å². The molecule has 0 aliphatic carbocycles. The van der Waals surface area contributed by atoms with Crippen molar-refractivity contribution >= 4 is 27.5 Å². The third-order valence-corrected chi connectivity index (χ3v) is 3.33. The van der Waals surface area contributed by atoms with Gasteiger partial charge in [0.2, 0.25) is 5.91 Å². The lowest BCUT2D eigenvalue weighted by atomic mass is 10.2. The van der Waals surface area contributed by atoms with Gasteiger partial charge in [-0.2, -0.15) is 0 Å². The van der Waals surface area contributed by atoms with E-state index in [2.05, 4.69) is 22.5 Å². The van der Waals surface area contributed by atoms with E-state index in [0.717, 1.165) is 0 Å². The number of hydrogen-bond donors (Lipinski definition) is 0. The Morgan fingerprint density at radius 1 is 1.61 bits per heavy atom. The van der Waals surface area contributed by atoms with Crippen LogP contribution in [0.2, 0.25) is 0 Å². The minimum absolute atomic E-state index is 0.00500. The molecule has 0 aliphatic heterocycles. The van der Waals surface area contributed by atoms with Crippen LogP contribution in [0.25, 0.3) is 0 Å². The van der Waals surface area contributed by atoms with E-state index in [1.54, 1.807) is 23.1 Å². The van der Waals surface area contributed by atoms with Crippen molar-refractivity contribution < 1.29 is 9.72 Å². The van der Waals surface area contributed by atoms with E-state index in [0.29, 0.717) is 23.1 Å². The first-order valence-electron chi connectivity index (χ1n) is 5.25. The molecular weight excluding hydrogens is 300 g/mol. The molecule has 1 aromatic rings. The molecule has 0 bridgehead atoms. The summed E-state index contributed by atoms with van der Waals surface area (Å²) in [5.41, 5.74) is 0.691. The average molecular weight is 313 g/mol. The fourth-order valence-corrected chi connectivity index (χ4v) is 2.03. The second-order valence-corrected chi connectivity index (χ2v) is 4.49. The molecule has 0 aliphatic rings. The van der Waals surface area contributed by atoms with Crippen molar-refractivity contribution in [3.8, 4) is 0 Å². The summed E-state index contributed by atoms with van der Waals surface area (Å²) in [7, 11) is 0. The van der Waals surface area contributed by atoms with Crippen LogP contribution in [0.1, 0.15) is 12.5 Å². The summed E-state index contributed by atoms with van der Waals surface area (Å²) in [6, 6.07) is 4.76. The highest BCUT2D eigenvalue weighted by molar-refractivity contribution is 9.10. The first-order chi connectivity index (χ1) is 8.47. The van der Waals surface area contributed by atoms with E-state index in [1.807, 2.05) is 0 Å². The molecule has 1 rings (SSSR count). The van der Waals surface area contributed by atoms with Crippen LogP contribution in [0.3, 0.4) is 0 Å². The van der Waals surface area contributed by atoms with Gasteiger partial charge in [-0.3, -0.25) is 14.9 Å². The molecule has 6 heteroatoms. The van der Waals surface area contributed by atoms with Crippen molar-refractivity contribution in [2.45, 2.75) is 13.5 Å². The van der Waals surface area contributed by atoms with Gasteiger partial charge in [0.05, 0.1) is 4.92 Å². The van der Waals surface area contributed by atoms with Crippen LogP contribution in [-0.4, -0.2) is 22.3 Å². The molecule has 0 aromatic heterocycles. The molecule has 0 spiro atoms. The summed E-state index contributed by atoms with van der Waals surface area (Å²) in [4.78, 5) is 23.3. The van der Waals surface area contributed by atoms with Crippen LogP contribution in [0.15, 0.2) is 35.3 Å². The second-order valence-electron chi connectivity index (χ2n) is 3.70. The number of nitro benzene ring substituents is 1. The standard InChI is InChI=1S/C12H13BrN2O3/c1-3-7-14(9(2)16)8-10-5-4-6-11(12(10)13)15(17)18/h3-6H,1,7-8H2,2H3. The maximum atomic E-state index is 11.4. The van der Waals surface area contributed by atoms with Gasteiger partial charge in [-0.05, 0) is 21.5 Å². The molecule has 0 heterocycles. The van der Waals surface area contributed by atoms with Crippen LogP contribution in [0.5, 0.6) is 0 Å². The lowest BCUT2D eigenvalue weighted by molar-refractivity contribution is -0.385. The quantitative estimate of drug-likeness (QED) is 0.477. The molecule has 5 nitrogen and oxygen atoms in total. The smallest absolute Gasteiger partial charge is 0.283 e. The number of nitro groups is 1. The summed E-state index contributed by atoms with van der Waals surface area (Å²) in [5, 5.41) is 10.8. The number of amides is 1. The highest BCUT2D eigenvalue weighted by atomic mass is 79.9. The monoisotopic (exact) mass is 312 g/mol. The fourth-order valence-electron chi connectivity index (χ4n) is 1.50. The number of hydrogen-bond acceptors (Lipinski definition) is 3. The first kappa shape index (κ1) is 14.4. The number of halogens is 1. The van der Waals surface area contributed by atoms with Gasteiger partial charge in [0.25, 0.3) is 5.69 Å². The number of carbonyl (C=O) groups excluding carboxylic acids is 1. The molecule has 1 aromatic carbocycles. The molecule has 0 radical (unpaired) electrons. The van der Waals surface area contributed by atoms with E-state index < -0.39 is 4.92 Å². The zero-order valence-corrected chi connectivity index (χ0v) is 11.5. The lowest BCUT2D eigenvalue weighted by Gasteiger charge is -2.19. The average Bonchev–Trinajstić information content (AvgIpc) is 2.30. The van der Waals surface area contributed by atoms with Gasteiger partial charge in [0, 0.05) is 26.1 Å². The van der Waals surface area contributed by atoms with E-state index in [-0.39, 0.29) is 11.6 Å². The van der Waals surface area contributed by atoms with Gasteiger partial charge in [-0.1, -0.05) is 18.2 Å². The number of rotatable bonds is 5. The zero-order valence-electron chi connectivity index (χ0n) is 9.93. The Bertz CT molecular complexity index is 488. The Morgan fingerprint density at radius 3 is 2.78 bits per heavy atom. The van der Waals surface area contributed by atoms with Gasteiger partial charge in [0.1, 0.15) is 4.47 Å². The molecule has 0 fully saturated rings. The Hall–Kier alpha value is -1.69. The number of carbonyl (C=O) groups is 1. The third-order valence-electron chi connectivity index (χ3n) is 2.41. The van der Waals surface area contributed by atoms with E-state index in [9.17, 15) is 14.9 Å². The van der Waals surface area contributed by atoms with Crippen LogP contribution in [0, 0.1) is 10.1 Å². The highest BCUT2D eigenvalue weighted by Gasteiger charge is 2.17. The minimum Gasteiger partial charge on any atom is -0.335 e. The third kappa shape index (κ3) is 3.40. The Morgan fingerprint density at radius 2 is 2.28 bits per heavy atom. The fraction of sp³-hybridized carbons (Fsp3) is 0.250. The van der Waals surface area contributed by atoms with E-state index in [1.165, 1.54) is 13.0 Å². The Kier molecular flexibility index (Phi) is 5.03. The van der Waals surface area contributed by atoms with Crippen LogP contribution in [-0.2, 0) is 11.3 Å². The SMILES string of the molecule is C=CCN(Cc1cccc([N+](=O)[O-])c1Br)C(C)=O. The predicted molar refractivity (Wildman–Crippen MR) is 72.1 cm³/mol. The topological polar surface area (TPSA) is 63.4 Å². The van der Waals surface area contributed by atoms with Gasteiger partial charge < -0.3 is 4.90 Å². The van der Waals surface area contributed by atoms with Crippen molar-refractivity contribution in [1.29, 1.82) is 0 Å². The molecule has 1 amide bonds. The summed E-state index contributed by atoms with van der Waals surface area (Å²) in [6.45, 7) is 5.75. The molecule has 96 valence electrons. The van der Waals surface area contributed by atoms with Crippen molar-refractivity contribution in [2.24, 2.45) is 0 Å². The molecule has 0 N–H and O–H groups in total. The maximum Gasteiger partial charge on any atom is 0.283 e. The van der Waals surface area contributed by atoms with Gasteiger partial charge in [0.15, 0.2) is 0 Å². The molecular formula is C12H13BrN2O3. The van der Waals surface area contributed by atoms with Gasteiger partial charge in [-0.25, -0.2) is 0 Å². The van der Waals surface area contributed by atoms with E-state index >= 15 is 0 Å². The molecule has 0 saturated heterocycles. The van der Waals surface area contributed by atoms with Crippen LogP contribution in [0.4, 0.5) is 5.69 Å². The highest BCUT2D eigenvalue weighted by Crippen LogP contribution is 2.29. The van der Waals surface area contributed by atoms with Crippen LogP contribution < -0.4 is 0 Å². The summed E-state index contributed by atoms with van der Waals surface area (Å²) in [6.07, 6.45) is 1.62. The van der Waals surface area contributed by atoms with Gasteiger partial charge >= 0.3 is 0 Å². The first-order valence-corrected chi connectivity index (χ1v) is 6.04. The van der Waals surface area contributed by atoms with Crippen molar-refractivity contribution in [3.63, 3.8) is 0 Å². The zero-order chi connectivity index (χ0) is 13.7. The van der Waals surface area contributed by atoms with Gasteiger partial charge in [-0.15, -0.1) is 6.58 Å². The lowest BCUT2D eigenvalue weighted by Crippen LogP contribution is -2.28. The largest absolute Gasteiger partial charge is 0.335 e. The molecule has 0 saturated carbocycles. The van der Waals surface area contributed by atoms with Crippen molar-refractivity contribution in [2.75, 3.05) is 6.54 Å². The molecule has 18 heavy (non-hydrogen) atoms. The predicted octanol–water partition coefficient (Wildman–Crippen LogP) is 2.89. The number of nitrogens with zero attached hydrogens (tertiary/aromatic N) is 2. The summed E-state index contributed by atoms with van der Waals surface area (Å²) in [5.74, 6) is -0.103. The van der Waals surface area contributed by atoms with E-state index in [4.69, 9.17) is 0 Å². The molecule has 0 atom stereocenters. The Balaban J connectivity index is 3.03. The minimum atomic E-state index is -0.459. The normalized spacial score (nSPS) is 9.89. The second kappa shape index (κ2) is 6.30. The van der Waals surface area contributed by atoms with Crippen molar-refractivity contribution in [3.05, 3.63) is 51.0 Å². The number of benzene rings is 1. The summed E-state index contributed by atoms with van der Waals surface area (Å²) >= 11 is 3.21. The summed E-state index contributed by atoms with van der Waals surface area (Å²) < 4.78 is 0.408. The Labute approximate surface area is 113 Å².